The third kappa shape index (κ3) is 4.82. The van der Waals surface area contributed by atoms with Crippen LogP contribution >= 0.6 is 27.5 Å². The van der Waals surface area contributed by atoms with Crippen LogP contribution in [0.5, 0.6) is 0 Å². The van der Waals surface area contributed by atoms with E-state index >= 15 is 0 Å². The molecule has 0 unspecified atom stereocenters. The van der Waals surface area contributed by atoms with Gasteiger partial charge in [0.15, 0.2) is 16.7 Å². The molecule has 0 radical (unpaired) electrons. The maximum atomic E-state index is 12.7. The molecular weight excluding hydrogens is 560 g/mol. The summed E-state index contributed by atoms with van der Waals surface area (Å²) < 4.78 is 14.1. The van der Waals surface area contributed by atoms with Crippen molar-refractivity contribution in [2.45, 2.75) is 26.8 Å². The van der Waals surface area contributed by atoms with Gasteiger partial charge in [-0.1, -0.05) is 54.9 Å². The second-order valence-corrected chi connectivity index (χ2v) is 9.25. The normalized spacial score (nSPS) is 11.6. The second-order valence-electron chi connectivity index (χ2n) is 8.10. The van der Waals surface area contributed by atoms with Gasteiger partial charge in [0.25, 0.3) is 0 Å². The zero-order valence-electron chi connectivity index (χ0n) is 20.0. The zero-order chi connectivity index (χ0) is 25.9. The van der Waals surface area contributed by atoms with Crippen LogP contribution in [0.4, 0.5) is 0 Å². The van der Waals surface area contributed by atoms with Crippen molar-refractivity contribution < 1.29 is 13.9 Å². The first-order chi connectivity index (χ1) is 18.0. The van der Waals surface area contributed by atoms with Gasteiger partial charge in [-0.15, -0.1) is 5.10 Å². The predicted octanol–water partition coefficient (Wildman–Crippen LogP) is 6.54. The number of fused-ring (bicyclic) bond motifs is 1. The lowest BCUT2D eigenvalue weighted by Gasteiger charge is -2.10. The van der Waals surface area contributed by atoms with E-state index in [4.69, 9.17) is 20.8 Å². The smallest absolute Gasteiger partial charge is 0.358 e. The van der Waals surface area contributed by atoms with Gasteiger partial charge >= 0.3 is 5.97 Å². The Kier molecular flexibility index (Phi) is 7.20. The third-order valence-corrected chi connectivity index (χ3v) is 6.78. The second kappa shape index (κ2) is 10.7. The fraction of sp³-hybridized carbons (Fsp3) is 0.192. The lowest BCUT2D eigenvalue weighted by molar-refractivity contribution is 0.0514. The highest BCUT2D eigenvalue weighted by molar-refractivity contribution is 9.10. The fourth-order valence-corrected chi connectivity index (χ4v) is 4.94. The largest absolute Gasteiger partial charge is 0.461 e. The average molecular weight is 582 g/mol. The minimum atomic E-state index is -0.512. The molecule has 0 aliphatic heterocycles. The van der Waals surface area contributed by atoms with Crippen LogP contribution in [0.15, 0.2) is 57.4 Å². The molecule has 0 bridgehead atoms. The van der Waals surface area contributed by atoms with Gasteiger partial charge in [-0.3, -0.25) is 0 Å². The number of carbonyl (C=O) groups excluding carboxylic acids is 1. The van der Waals surface area contributed by atoms with Gasteiger partial charge in [0.05, 0.1) is 11.1 Å². The topological polar surface area (TPSA) is 112 Å². The van der Waals surface area contributed by atoms with Gasteiger partial charge in [-0.25, -0.2) is 14.9 Å². The number of nitrogens with one attached hydrogen (secondary N) is 1. The van der Waals surface area contributed by atoms with Crippen LogP contribution in [0.2, 0.25) is 5.15 Å². The van der Waals surface area contributed by atoms with Crippen LogP contribution in [-0.2, 0) is 11.3 Å². The Labute approximate surface area is 225 Å². The highest BCUT2D eigenvalue weighted by Gasteiger charge is 2.23. The van der Waals surface area contributed by atoms with E-state index < -0.39 is 5.97 Å². The number of halogens is 2. The molecule has 0 amide bonds. The molecule has 0 saturated heterocycles. The molecule has 5 aromatic rings. The molecule has 9 nitrogen and oxygen atoms in total. The van der Waals surface area contributed by atoms with Crippen molar-refractivity contribution in [3.8, 4) is 22.7 Å². The number of rotatable bonds is 8. The SMILES string of the molecule is CC/C=C/c1nc(Cl)c(C(=O)OCC)n1Cc1ccc2oc(-c3ccccc3-c3nnn[nH]3)c(Br)c2c1. The number of carbonyl (C=O) groups is 1. The number of benzene rings is 2. The van der Waals surface area contributed by atoms with Crippen LogP contribution in [-0.4, -0.2) is 42.8 Å². The first kappa shape index (κ1) is 24.9. The average Bonchev–Trinajstić information content (AvgIpc) is 3.62. The lowest BCUT2D eigenvalue weighted by atomic mass is 10.0. The molecule has 0 spiro atoms. The molecule has 0 fully saturated rings. The number of hydrogen-bond acceptors (Lipinski definition) is 7. The number of hydrogen-bond donors (Lipinski definition) is 1. The highest BCUT2D eigenvalue weighted by atomic mass is 79.9. The summed E-state index contributed by atoms with van der Waals surface area (Å²) in [7, 11) is 0. The molecule has 1 N–H and O–H groups in total. The van der Waals surface area contributed by atoms with Gasteiger partial charge in [0, 0.05) is 23.1 Å². The minimum absolute atomic E-state index is 0.112. The van der Waals surface area contributed by atoms with E-state index in [-0.39, 0.29) is 17.5 Å². The Morgan fingerprint density at radius 3 is 2.76 bits per heavy atom. The van der Waals surface area contributed by atoms with Crippen molar-refractivity contribution in [3.05, 3.63) is 75.2 Å². The Hall–Kier alpha value is -3.76. The summed E-state index contributed by atoms with van der Waals surface area (Å²) in [5, 5.41) is 15.2. The van der Waals surface area contributed by atoms with Gasteiger partial charge in [0.1, 0.15) is 17.2 Å². The van der Waals surface area contributed by atoms with Crippen LogP contribution in [0.3, 0.4) is 0 Å². The fourth-order valence-electron chi connectivity index (χ4n) is 4.07. The molecule has 3 aromatic heterocycles. The van der Waals surface area contributed by atoms with E-state index in [0.29, 0.717) is 29.5 Å². The Morgan fingerprint density at radius 2 is 2.03 bits per heavy atom. The standard InChI is InChI=1S/C26H22BrClN6O3/c1-3-5-10-20-29-24(28)22(26(35)36-4-2)34(20)14-15-11-12-19-18(13-15)21(27)23(37-19)16-8-6-7-9-17(16)25-30-32-33-31-25/h5-13H,3-4,14H2,1-2H3,(H,30,31,32,33)/b10-5+. The monoisotopic (exact) mass is 580 g/mol. The summed E-state index contributed by atoms with van der Waals surface area (Å²) in [6, 6.07) is 13.6. The Bertz CT molecular complexity index is 1610. The number of allylic oxidation sites excluding steroid dienone is 1. The maximum absolute atomic E-state index is 12.7. The zero-order valence-corrected chi connectivity index (χ0v) is 22.4. The number of nitrogens with zero attached hydrogens (tertiary/aromatic N) is 5. The third-order valence-electron chi connectivity index (χ3n) is 5.73. The van der Waals surface area contributed by atoms with Crippen molar-refractivity contribution in [2.24, 2.45) is 0 Å². The van der Waals surface area contributed by atoms with Crippen molar-refractivity contribution in [1.82, 2.24) is 30.2 Å². The molecule has 2 aromatic carbocycles. The van der Waals surface area contributed by atoms with Crippen LogP contribution in [0.1, 0.15) is 42.1 Å². The molecule has 0 aliphatic carbocycles. The Balaban J connectivity index is 1.57. The molecule has 188 valence electrons. The molecule has 5 rings (SSSR count). The van der Waals surface area contributed by atoms with E-state index in [0.717, 1.165) is 33.0 Å². The quantitative estimate of drug-likeness (QED) is 0.207. The molecule has 11 heteroatoms. The molecule has 0 aliphatic rings. The number of ether oxygens (including phenoxy) is 1. The van der Waals surface area contributed by atoms with E-state index in [1.165, 1.54) is 0 Å². The van der Waals surface area contributed by atoms with E-state index in [9.17, 15) is 4.79 Å². The van der Waals surface area contributed by atoms with E-state index in [1.807, 2.05) is 61.5 Å². The summed E-state index contributed by atoms with van der Waals surface area (Å²) in [4.78, 5) is 17.1. The van der Waals surface area contributed by atoms with Gasteiger partial charge in [0.2, 0.25) is 0 Å². The van der Waals surface area contributed by atoms with Crippen LogP contribution < -0.4 is 0 Å². The maximum Gasteiger partial charge on any atom is 0.358 e. The number of imidazole rings is 1. The van der Waals surface area contributed by atoms with E-state index in [1.54, 1.807) is 11.5 Å². The number of aromatic nitrogens is 6. The summed E-state index contributed by atoms with van der Waals surface area (Å²) in [6.45, 7) is 4.38. The lowest BCUT2D eigenvalue weighted by Crippen LogP contribution is -2.14. The van der Waals surface area contributed by atoms with Gasteiger partial charge in [-0.2, -0.15) is 0 Å². The van der Waals surface area contributed by atoms with Crippen LogP contribution in [0.25, 0.3) is 39.8 Å². The van der Waals surface area contributed by atoms with E-state index in [2.05, 4.69) is 41.5 Å². The molecule has 3 heterocycles. The number of aromatic amines is 1. The molecule has 0 saturated carbocycles. The van der Waals surface area contributed by atoms with Crippen molar-refractivity contribution in [3.63, 3.8) is 0 Å². The number of esters is 1. The summed E-state index contributed by atoms with van der Waals surface area (Å²) >= 11 is 10.1. The number of tetrazole rings is 1. The predicted molar refractivity (Wildman–Crippen MR) is 144 cm³/mol. The van der Waals surface area contributed by atoms with Crippen molar-refractivity contribution in [2.75, 3.05) is 6.61 Å². The highest BCUT2D eigenvalue weighted by Crippen LogP contribution is 2.41. The van der Waals surface area contributed by atoms with Gasteiger partial charge in [-0.05, 0) is 63.5 Å². The summed E-state index contributed by atoms with van der Waals surface area (Å²) in [6.07, 6.45) is 4.64. The molecule has 0 atom stereocenters. The number of H-pyrrole nitrogens is 1. The molecule has 37 heavy (non-hydrogen) atoms. The minimum Gasteiger partial charge on any atom is -0.461 e. The molecular formula is C26H22BrClN6O3. The first-order valence-corrected chi connectivity index (χ1v) is 12.8. The van der Waals surface area contributed by atoms with Crippen molar-refractivity contribution in [1.29, 1.82) is 0 Å². The number of furan rings is 1. The Morgan fingerprint density at radius 1 is 1.22 bits per heavy atom. The van der Waals surface area contributed by atoms with Crippen LogP contribution in [0, 0.1) is 0 Å². The van der Waals surface area contributed by atoms with Crippen molar-refractivity contribution >= 4 is 50.5 Å². The van der Waals surface area contributed by atoms with Gasteiger partial charge < -0.3 is 13.7 Å². The summed E-state index contributed by atoms with van der Waals surface area (Å²) in [5.41, 5.74) is 3.51. The first-order valence-electron chi connectivity index (χ1n) is 11.7. The summed E-state index contributed by atoms with van der Waals surface area (Å²) in [5.74, 6) is 1.27.